The molecule has 0 unspecified atom stereocenters. The van der Waals surface area contributed by atoms with Crippen molar-refractivity contribution in [1.29, 1.82) is 0 Å². The van der Waals surface area contributed by atoms with Gasteiger partial charge in [-0.05, 0) is 36.5 Å². The van der Waals surface area contributed by atoms with Crippen LogP contribution >= 0.6 is 27.3 Å². The molecule has 5 heteroatoms. The van der Waals surface area contributed by atoms with Gasteiger partial charge in [0, 0.05) is 10.9 Å². The van der Waals surface area contributed by atoms with E-state index in [0.717, 1.165) is 47.1 Å². The molecule has 1 N–H and O–H groups in total. The Bertz CT molecular complexity index is 661. The van der Waals surface area contributed by atoms with Gasteiger partial charge in [-0.2, -0.15) is 0 Å². The first-order valence-electron chi connectivity index (χ1n) is 7.33. The van der Waals surface area contributed by atoms with Crippen LogP contribution in [-0.4, -0.2) is 16.1 Å². The molecule has 1 aliphatic rings. The van der Waals surface area contributed by atoms with E-state index < -0.39 is 5.97 Å². The van der Waals surface area contributed by atoms with E-state index in [4.69, 9.17) is 4.98 Å². The molecule has 1 aliphatic carbocycles. The number of hydrogen-bond acceptors (Lipinski definition) is 3. The van der Waals surface area contributed by atoms with E-state index in [1.807, 2.05) is 12.1 Å². The van der Waals surface area contributed by atoms with E-state index >= 15 is 0 Å². The maximum Gasteiger partial charge on any atom is 0.303 e. The van der Waals surface area contributed by atoms with Gasteiger partial charge in [0.25, 0.3) is 0 Å². The average Bonchev–Trinajstić information content (AvgIpc) is 2.79. The van der Waals surface area contributed by atoms with Gasteiger partial charge in [-0.15, -0.1) is 11.3 Å². The zero-order valence-corrected chi connectivity index (χ0v) is 14.2. The SMILES string of the molecule is O=C(O)CC1(Cc2nc3ccc(Br)cc3s2)CCCCC1. The van der Waals surface area contributed by atoms with Gasteiger partial charge in [0.2, 0.25) is 0 Å². The van der Waals surface area contributed by atoms with E-state index in [1.165, 1.54) is 11.1 Å². The second-order valence-electron chi connectivity index (χ2n) is 6.03. The maximum atomic E-state index is 11.3. The first-order valence-corrected chi connectivity index (χ1v) is 8.94. The molecular weight excluding hydrogens is 350 g/mol. The third-order valence-electron chi connectivity index (χ3n) is 4.36. The van der Waals surface area contributed by atoms with Crippen molar-refractivity contribution in [2.24, 2.45) is 5.41 Å². The predicted molar refractivity (Wildman–Crippen MR) is 88.8 cm³/mol. The van der Waals surface area contributed by atoms with Crippen LogP contribution in [-0.2, 0) is 11.2 Å². The molecule has 3 rings (SSSR count). The van der Waals surface area contributed by atoms with Crippen molar-refractivity contribution in [1.82, 2.24) is 4.98 Å². The van der Waals surface area contributed by atoms with Crippen molar-refractivity contribution in [2.75, 3.05) is 0 Å². The number of fused-ring (bicyclic) bond motifs is 1. The molecule has 3 nitrogen and oxygen atoms in total. The highest BCUT2D eigenvalue weighted by molar-refractivity contribution is 9.10. The molecule has 0 bridgehead atoms. The summed E-state index contributed by atoms with van der Waals surface area (Å²) in [7, 11) is 0. The Morgan fingerprint density at radius 3 is 2.81 bits per heavy atom. The number of aromatic nitrogens is 1. The van der Waals surface area contributed by atoms with Crippen LogP contribution in [0.3, 0.4) is 0 Å². The average molecular weight is 368 g/mol. The fourth-order valence-electron chi connectivity index (χ4n) is 3.38. The first kappa shape index (κ1) is 15.0. The highest BCUT2D eigenvalue weighted by atomic mass is 79.9. The number of benzene rings is 1. The van der Waals surface area contributed by atoms with Gasteiger partial charge in [-0.25, -0.2) is 4.98 Å². The Kier molecular flexibility index (Phi) is 4.31. The third-order valence-corrected chi connectivity index (χ3v) is 5.87. The van der Waals surface area contributed by atoms with E-state index in [9.17, 15) is 9.90 Å². The number of rotatable bonds is 4. The molecule has 112 valence electrons. The zero-order valence-electron chi connectivity index (χ0n) is 11.8. The monoisotopic (exact) mass is 367 g/mol. The lowest BCUT2D eigenvalue weighted by Crippen LogP contribution is -2.29. The quantitative estimate of drug-likeness (QED) is 0.824. The van der Waals surface area contributed by atoms with Crippen molar-refractivity contribution in [2.45, 2.75) is 44.9 Å². The molecule has 0 spiro atoms. The Labute approximate surface area is 136 Å². The van der Waals surface area contributed by atoms with E-state index in [1.54, 1.807) is 11.3 Å². The van der Waals surface area contributed by atoms with E-state index in [2.05, 4.69) is 22.0 Å². The van der Waals surface area contributed by atoms with Gasteiger partial charge < -0.3 is 5.11 Å². The number of halogens is 1. The number of aliphatic carboxylic acids is 1. The fourth-order valence-corrected chi connectivity index (χ4v) is 5.07. The summed E-state index contributed by atoms with van der Waals surface area (Å²) < 4.78 is 2.23. The number of carboxylic acids is 1. The summed E-state index contributed by atoms with van der Waals surface area (Å²) in [4.78, 5) is 16.0. The Balaban J connectivity index is 1.88. The van der Waals surface area contributed by atoms with Gasteiger partial charge in [-0.3, -0.25) is 4.79 Å². The summed E-state index contributed by atoms with van der Waals surface area (Å²) in [5.41, 5.74) is 0.925. The molecule has 0 aliphatic heterocycles. The number of hydrogen-bond donors (Lipinski definition) is 1. The molecule has 1 aromatic carbocycles. The topological polar surface area (TPSA) is 50.2 Å². The molecular formula is C16H18BrNO2S. The summed E-state index contributed by atoms with van der Waals surface area (Å²) in [6.07, 6.45) is 6.61. The number of carbonyl (C=O) groups is 1. The Hall–Kier alpha value is -0.940. The van der Waals surface area contributed by atoms with E-state index in [-0.39, 0.29) is 11.8 Å². The minimum Gasteiger partial charge on any atom is -0.481 e. The Morgan fingerprint density at radius 2 is 2.10 bits per heavy atom. The molecule has 0 saturated heterocycles. The van der Waals surface area contributed by atoms with Crippen LogP contribution in [0.1, 0.15) is 43.5 Å². The lowest BCUT2D eigenvalue weighted by Gasteiger charge is -2.35. The number of thiazole rings is 1. The van der Waals surface area contributed by atoms with E-state index in [0.29, 0.717) is 0 Å². The number of carboxylic acid groups (broad SMARTS) is 1. The highest BCUT2D eigenvalue weighted by Crippen LogP contribution is 2.43. The largest absolute Gasteiger partial charge is 0.481 e. The molecule has 0 atom stereocenters. The lowest BCUT2D eigenvalue weighted by molar-refractivity contribution is -0.140. The van der Waals surface area contributed by atoms with Crippen LogP contribution in [0.4, 0.5) is 0 Å². The minimum atomic E-state index is -0.680. The van der Waals surface area contributed by atoms with Gasteiger partial charge in [-0.1, -0.05) is 35.2 Å². The van der Waals surface area contributed by atoms with Crippen LogP contribution in [0.5, 0.6) is 0 Å². The van der Waals surface area contributed by atoms with Crippen LogP contribution in [0.2, 0.25) is 0 Å². The summed E-state index contributed by atoms with van der Waals surface area (Å²) in [5.74, 6) is -0.680. The summed E-state index contributed by atoms with van der Waals surface area (Å²) >= 11 is 5.18. The first-order chi connectivity index (χ1) is 10.1. The second-order valence-corrected chi connectivity index (χ2v) is 8.06. The molecule has 21 heavy (non-hydrogen) atoms. The minimum absolute atomic E-state index is 0.0881. The van der Waals surface area contributed by atoms with Gasteiger partial charge >= 0.3 is 5.97 Å². The molecule has 1 saturated carbocycles. The molecule has 2 aromatic rings. The van der Waals surface area contributed by atoms with Gasteiger partial charge in [0.15, 0.2) is 0 Å². The summed E-state index contributed by atoms with van der Waals surface area (Å²) in [6, 6.07) is 6.10. The Morgan fingerprint density at radius 1 is 1.33 bits per heavy atom. The normalized spacial score (nSPS) is 18.0. The molecule has 1 heterocycles. The van der Waals surface area contributed by atoms with Crippen LogP contribution in [0, 0.1) is 5.41 Å². The lowest BCUT2D eigenvalue weighted by atomic mass is 9.70. The van der Waals surface area contributed by atoms with Crippen molar-refractivity contribution >= 4 is 43.5 Å². The predicted octanol–water partition coefficient (Wildman–Crippen LogP) is 5.03. The van der Waals surface area contributed by atoms with Crippen molar-refractivity contribution in [3.63, 3.8) is 0 Å². The van der Waals surface area contributed by atoms with Crippen LogP contribution < -0.4 is 0 Å². The fraction of sp³-hybridized carbons (Fsp3) is 0.500. The third kappa shape index (κ3) is 3.46. The van der Waals surface area contributed by atoms with Crippen molar-refractivity contribution in [3.8, 4) is 0 Å². The van der Waals surface area contributed by atoms with Crippen molar-refractivity contribution in [3.05, 3.63) is 27.7 Å². The van der Waals surface area contributed by atoms with Crippen molar-refractivity contribution < 1.29 is 9.90 Å². The number of nitrogens with zero attached hydrogens (tertiary/aromatic N) is 1. The second kappa shape index (κ2) is 6.05. The summed E-state index contributed by atoms with van der Waals surface area (Å²) in [6.45, 7) is 0. The molecule has 1 fully saturated rings. The summed E-state index contributed by atoms with van der Waals surface area (Å²) in [5, 5.41) is 10.3. The maximum absolute atomic E-state index is 11.3. The van der Waals surface area contributed by atoms with Crippen LogP contribution in [0.15, 0.2) is 22.7 Å². The van der Waals surface area contributed by atoms with Gasteiger partial charge in [0.05, 0.1) is 21.6 Å². The zero-order chi connectivity index (χ0) is 14.9. The highest BCUT2D eigenvalue weighted by Gasteiger charge is 2.35. The standard InChI is InChI=1S/C16H18BrNO2S/c17-11-4-5-12-13(8-11)21-14(18-12)9-16(10-15(19)20)6-2-1-3-7-16/h4-5,8H,1-3,6-7,9-10H2,(H,19,20). The molecule has 0 radical (unpaired) electrons. The molecule has 0 amide bonds. The molecule has 1 aromatic heterocycles. The van der Waals surface area contributed by atoms with Crippen LogP contribution in [0.25, 0.3) is 10.2 Å². The van der Waals surface area contributed by atoms with Gasteiger partial charge in [0.1, 0.15) is 0 Å². The smallest absolute Gasteiger partial charge is 0.303 e.